The minimum absolute atomic E-state index is 0.0914. The van der Waals surface area contributed by atoms with Crippen LogP contribution in [0.25, 0.3) is 22.3 Å². The Morgan fingerprint density at radius 2 is 1.97 bits per heavy atom. The zero-order valence-corrected chi connectivity index (χ0v) is 17.9. The Morgan fingerprint density at radius 1 is 1.16 bits per heavy atom. The second-order valence-corrected chi connectivity index (χ2v) is 7.65. The van der Waals surface area contributed by atoms with E-state index in [-0.39, 0.29) is 17.8 Å². The third-order valence-electron chi connectivity index (χ3n) is 4.80. The molecule has 0 radical (unpaired) electrons. The summed E-state index contributed by atoms with van der Waals surface area (Å²) in [7, 11) is 0. The van der Waals surface area contributed by atoms with E-state index in [0.717, 1.165) is 18.7 Å². The van der Waals surface area contributed by atoms with Crippen molar-refractivity contribution in [3.8, 4) is 17.3 Å². The van der Waals surface area contributed by atoms with Crippen molar-refractivity contribution in [3.63, 3.8) is 0 Å². The number of aryl methyl sites for hydroxylation is 1. The van der Waals surface area contributed by atoms with Gasteiger partial charge in [0.15, 0.2) is 5.82 Å². The molecule has 1 amide bonds. The number of aromatic amines is 1. The molecule has 0 unspecified atom stereocenters. The van der Waals surface area contributed by atoms with Crippen LogP contribution in [-0.4, -0.2) is 38.5 Å². The number of ether oxygens (including phenoxy) is 1. The van der Waals surface area contributed by atoms with E-state index in [1.807, 2.05) is 13.8 Å². The number of imidazole rings is 1. The molecule has 2 aromatic carbocycles. The minimum atomic E-state index is -0.334. The Hall–Kier alpha value is -3.81. The summed E-state index contributed by atoms with van der Waals surface area (Å²) in [5.74, 6) is 1.21. The Bertz CT molecular complexity index is 1210. The van der Waals surface area contributed by atoms with Crippen LogP contribution in [0.4, 0.5) is 4.39 Å². The molecular weight excluding hydrogens is 409 g/mol. The third kappa shape index (κ3) is 5.08. The highest BCUT2D eigenvalue weighted by Crippen LogP contribution is 2.28. The molecule has 0 aliphatic rings. The second kappa shape index (κ2) is 9.55. The van der Waals surface area contributed by atoms with Crippen molar-refractivity contribution in [2.75, 3.05) is 6.54 Å². The Kier molecular flexibility index (Phi) is 6.39. The summed E-state index contributed by atoms with van der Waals surface area (Å²) < 4.78 is 19.2. The molecule has 2 aromatic heterocycles. The van der Waals surface area contributed by atoms with Gasteiger partial charge in [-0.3, -0.25) is 4.79 Å². The van der Waals surface area contributed by atoms with Gasteiger partial charge in [0, 0.05) is 36.5 Å². The number of benzene rings is 2. The highest BCUT2D eigenvalue weighted by atomic mass is 19.1. The average molecular weight is 433 g/mol. The first-order valence-electron chi connectivity index (χ1n) is 10.5. The van der Waals surface area contributed by atoms with Crippen molar-refractivity contribution < 1.29 is 13.9 Å². The first kappa shape index (κ1) is 21.4. The molecule has 4 rings (SSSR count). The number of fused-ring (bicyclic) bond motifs is 1. The molecule has 164 valence electrons. The number of carbonyl (C=O) groups is 1. The normalized spacial score (nSPS) is 11.1. The van der Waals surface area contributed by atoms with Gasteiger partial charge in [-0.15, -0.1) is 0 Å². The number of aromatic nitrogens is 4. The summed E-state index contributed by atoms with van der Waals surface area (Å²) >= 11 is 0. The zero-order chi connectivity index (χ0) is 22.5. The molecule has 0 bridgehead atoms. The lowest BCUT2D eigenvalue weighted by molar-refractivity contribution is 0.0953. The van der Waals surface area contributed by atoms with Gasteiger partial charge in [0.2, 0.25) is 5.88 Å². The number of nitrogens with one attached hydrogen (secondary N) is 2. The fourth-order valence-corrected chi connectivity index (χ4v) is 3.28. The summed E-state index contributed by atoms with van der Waals surface area (Å²) in [6.07, 6.45) is 4.93. The number of halogens is 1. The van der Waals surface area contributed by atoms with Crippen molar-refractivity contribution in [2.45, 2.75) is 32.8 Å². The maximum atomic E-state index is 13.3. The number of hydrogen-bond donors (Lipinski definition) is 2. The number of carbonyl (C=O) groups excluding carboxylic acids is 1. The lowest BCUT2D eigenvalue weighted by Crippen LogP contribution is -2.24. The molecule has 0 aliphatic carbocycles. The molecule has 0 atom stereocenters. The van der Waals surface area contributed by atoms with E-state index in [9.17, 15) is 9.18 Å². The highest BCUT2D eigenvalue weighted by Gasteiger charge is 2.15. The van der Waals surface area contributed by atoms with Crippen LogP contribution in [0.5, 0.6) is 5.88 Å². The zero-order valence-electron chi connectivity index (χ0n) is 17.9. The lowest BCUT2D eigenvalue weighted by Gasteiger charge is -2.13. The predicted octanol–water partition coefficient (Wildman–Crippen LogP) is 4.31. The van der Waals surface area contributed by atoms with E-state index in [4.69, 9.17) is 4.74 Å². The SMILES string of the molecule is CC(C)Oc1nc(-c2ccc(F)cc2)nc2cc(C(=O)NCCCc3ncc[nH]3)ccc12. The van der Waals surface area contributed by atoms with E-state index in [2.05, 4.69) is 25.3 Å². The summed E-state index contributed by atoms with van der Waals surface area (Å²) in [5.41, 5.74) is 1.74. The fraction of sp³-hybridized carbons (Fsp3) is 0.250. The van der Waals surface area contributed by atoms with E-state index in [0.29, 0.717) is 40.3 Å². The lowest BCUT2D eigenvalue weighted by atomic mass is 10.1. The number of H-pyrrole nitrogens is 1. The number of nitrogens with zero attached hydrogens (tertiary/aromatic N) is 3. The summed E-state index contributed by atoms with van der Waals surface area (Å²) in [6, 6.07) is 11.2. The summed E-state index contributed by atoms with van der Waals surface area (Å²) in [5, 5.41) is 3.64. The van der Waals surface area contributed by atoms with Gasteiger partial charge in [-0.1, -0.05) is 0 Å². The van der Waals surface area contributed by atoms with Crippen LogP contribution in [0.3, 0.4) is 0 Å². The van der Waals surface area contributed by atoms with Crippen LogP contribution in [0.2, 0.25) is 0 Å². The van der Waals surface area contributed by atoms with Gasteiger partial charge in [0.25, 0.3) is 5.91 Å². The Morgan fingerprint density at radius 3 is 2.69 bits per heavy atom. The molecular formula is C24H24FN5O2. The van der Waals surface area contributed by atoms with Crippen molar-refractivity contribution >= 4 is 16.8 Å². The Balaban J connectivity index is 1.58. The minimum Gasteiger partial charge on any atom is -0.474 e. The topological polar surface area (TPSA) is 92.8 Å². The molecule has 0 fully saturated rings. The van der Waals surface area contributed by atoms with E-state index >= 15 is 0 Å². The standard InChI is InChI=1S/C24H24FN5O2/c1-15(2)32-24-19-10-7-17(23(31)28-11-3-4-21-26-12-13-27-21)14-20(19)29-22(30-24)16-5-8-18(25)9-6-16/h5-10,12-15H,3-4,11H2,1-2H3,(H,26,27)(H,28,31). The maximum absolute atomic E-state index is 13.3. The second-order valence-electron chi connectivity index (χ2n) is 7.65. The molecule has 8 heteroatoms. The summed E-state index contributed by atoms with van der Waals surface area (Å²) in [6.45, 7) is 4.36. The first-order chi connectivity index (χ1) is 15.5. The van der Waals surface area contributed by atoms with Gasteiger partial charge in [-0.25, -0.2) is 14.4 Å². The Labute approximate surface area is 185 Å². The molecule has 0 saturated heterocycles. The van der Waals surface area contributed by atoms with Crippen LogP contribution in [0.15, 0.2) is 54.9 Å². The van der Waals surface area contributed by atoms with Gasteiger partial charge in [0.05, 0.1) is 17.0 Å². The summed E-state index contributed by atoms with van der Waals surface area (Å²) in [4.78, 5) is 29.0. The van der Waals surface area contributed by atoms with Gasteiger partial charge in [-0.2, -0.15) is 4.98 Å². The largest absolute Gasteiger partial charge is 0.474 e. The average Bonchev–Trinajstić information content (AvgIpc) is 3.30. The van der Waals surface area contributed by atoms with Gasteiger partial charge in [-0.05, 0) is 62.7 Å². The molecule has 32 heavy (non-hydrogen) atoms. The maximum Gasteiger partial charge on any atom is 0.251 e. The van der Waals surface area contributed by atoms with Crippen LogP contribution < -0.4 is 10.1 Å². The van der Waals surface area contributed by atoms with Crippen molar-refractivity contribution in [1.29, 1.82) is 0 Å². The molecule has 0 spiro atoms. The fourth-order valence-electron chi connectivity index (χ4n) is 3.28. The van der Waals surface area contributed by atoms with E-state index < -0.39 is 0 Å². The van der Waals surface area contributed by atoms with E-state index in [1.54, 1.807) is 42.7 Å². The third-order valence-corrected chi connectivity index (χ3v) is 4.80. The van der Waals surface area contributed by atoms with Crippen LogP contribution >= 0.6 is 0 Å². The van der Waals surface area contributed by atoms with E-state index in [1.165, 1.54) is 12.1 Å². The molecule has 0 aliphatic heterocycles. The van der Waals surface area contributed by atoms with Gasteiger partial charge >= 0.3 is 0 Å². The van der Waals surface area contributed by atoms with Crippen molar-refractivity contribution in [3.05, 3.63) is 72.1 Å². The van der Waals surface area contributed by atoms with Crippen molar-refractivity contribution in [1.82, 2.24) is 25.3 Å². The van der Waals surface area contributed by atoms with Crippen LogP contribution in [-0.2, 0) is 6.42 Å². The van der Waals surface area contributed by atoms with Gasteiger partial charge < -0.3 is 15.0 Å². The molecule has 4 aromatic rings. The van der Waals surface area contributed by atoms with Crippen LogP contribution in [0, 0.1) is 5.82 Å². The first-order valence-corrected chi connectivity index (χ1v) is 10.5. The molecule has 2 heterocycles. The number of rotatable bonds is 8. The quantitative estimate of drug-likeness (QED) is 0.404. The molecule has 2 N–H and O–H groups in total. The van der Waals surface area contributed by atoms with Crippen LogP contribution in [0.1, 0.15) is 36.5 Å². The molecule has 0 saturated carbocycles. The number of hydrogen-bond acceptors (Lipinski definition) is 5. The smallest absolute Gasteiger partial charge is 0.251 e. The highest BCUT2D eigenvalue weighted by molar-refractivity contribution is 5.98. The molecule has 7 nitrogen and oxygen atoms in total. The monoisotopic (exact) mass is 433 g/mol. The van der Waals surface area contributed by atoms with Gasteiger partial charge in [0.1, 0.15) is 11.6 Å². The number of amides is 1. The predicted molar refractivity (Wildman–Crippen MR) is 120 cm³/mol. The van der Waals surface area contributed by atoms with Crippen molar-refractivity contribution in [2.24, 2.45) is 0 Å².